The minimum Gasteiger partial charge on any atom is -0.489 e. The number of sulfonamides is 1. The van der Waals surface area contributed by atoms with Crippen LogP contribution in [0.2, 0.25) is 5.02 Å². The highest BCUT2D eigenvalue weighted by Gasteiger charge is 2.28. The highest BCUT2D eigenvalue weighted by molar-refractivity contribution is 7.92. The predicted molar refractivity (Wildman–Crippen MR) is 172 cm³/mol. The Labute approximate surface area is 256 Å². The molecule has 0 heterocycles. The lowest BCUT2D eigenvalue weighted by molar-refractivity contribution is -0.119. The number of aryl methyl sites for hydroxylation is 2. The van der Waals surface area contributed by atoms with Crippen LogP contribution >= 0.6 is 11.6 Å². The van der Waals surface area contributed by atoms with Gasteiger partial charge in [0.1, 0.15) is 18.9 Å². The van der Waals surface area contributed by atoms with Crippen molar-refractivity contribution >= 4 is 50.2 Å². The minimum absolute atomic E-state index is 0.0756. The molecule has 0 fully saturated rings. The molecule has 0 unspecified atom stereocenters. The summed E-state index contributed by atoms with van der Waals surface area (Å²) < 4.78 is 34.2. The van der Waals surface area contributed by atoms with E-state index < -0.39 is 22.5 Å². The number of nitrogens with zero attached hydrogens (tertiary/aromatic N) is 2. The maximum atomic E-state index is 13.6. The Bertz CT molecular complexity index is 1890. The molecule has 0 saturated carbocycles. The van der Waals surface area contributed by atoms with Crippen molar-refractivity contribution in [2.45, 2.75) is 25.3 Å². The van der Waals surface area contributed by atoms with E-state index in [4.69, 9.17) is 16.3 Å². The molecule has 5 aromatic carbocycles. The van der Waals surface area contributed by atoms with Gasteiger partial charge in [0.05, 0.1) is 16.8 Å². The molecule has 43 heavy (non-hydrogen) atoms. The van der Waals surface area contributed by atoms with Crippen molar-refractivity contribution in [2.75, 3.05) is 10.8 Å². The van der Waals surface area contributed by atoms with Gasteiger partial charge in [0.25, 0.3) is 15.9 Å². The van der Waals surface area contributed by atoms with Crippen LogP contribution in [0.25, 0.3) is 10.8 Å². The van der Waals surface area contributed by atoms with Gasteiger partial charge in [0.2, 0.25) is 0 Å². The number of carbonyl (C=O) groups excluding carboxylic acids is 1. The lowest BCUT2D eigenvalue weighted by Crippen LogP contribution is -2.40. The number of amides is 1. The lowest BCUT2D eigenvalue weighted by Gasteiger charge is -2.25. The largest absolute Gasteiger partial charge is 0.489 e. The fourth-order valence-electron chi connectivity index (χ4n) is 4.53. The highest BCUT2D eigenvalue weighted by Crippen LogP contribution is 2.29. The van der Waals surface area contributed by atoms with E-state index in [0.29, 0.717) is 28.6 Å². The van der Waals surface area contributed by atoms with Crippen molar-refractivity contribution < 1.29 is 17.9 Å². The Morgan fingerprint density at radius 2 is 1.60 bits per heavy atom. The Morgan fingerprint density at radius 3 is 2.33 bits per heavy atom. The number of ether oxygens (including phenoxy) is 1. The smallest absolute Gasteiger partial charge is 0.264 e. The van der Waals surface area contributed by atoms with Crippen LogP contribution in [-0.2, 0) is 21.4 Å². The third-order valence-corrected chi connectivity index (χ3v) is 8.84. The number of hydrazone groups is 1. The number of hydrogen-bond donors (Lipinski definition) is 1. The first kappa shape index (κ1) is 29.8. The molecule has 1 amide bonds. The molecular weight excluding hydrogens is 582 g/mol. The molecule has 0 radical (unpaired) electrons. The van der Waals surface area contributed by atoms with E-state index in [2.05, 4.69) is 34.8 Å². The second kappa shape index (κ2) is 13.1. The SMILES string of the molecule is Cc1ccc(S(=O)(=O)N(CC(=O)N/N=C\c2ccc(OCc3ccc4ccccc4c3)cc2)c2ccc(Cl)cc2C)cc1. The Morgan fingerprint density at radius 1 is 0.884 bits per heavy atom. The van der Waals surface area contributed by atoms with E-state index in [1.165, 1.54) is 23.7 Å². The standard InChI is InChI=1S/C34H30ClN3O4S/c1-24-7-16-32(17-8-24)43(40,41)38(33-18-13-30(35)19-25(33)2)22-34(39)37-36-21-26-10-14-31(15-11-26)42-23-27-9-12-28-5-3-4-6-29(28)20-27/h3-21H,22-23H2,1-2H3,(H,37,39)/b36-21-. The normalized spacial score (nSPS) is 11.5. The summed E-state index contributed by atoms with van der Waals surface area (Å²) in [4.78, 5) is 13.0. The topological polar surface area (TPSA) is 88.1 Å². The first-order chi connectivity index (χ1) is 20.7. The number of rotatable bonds is 10. The van der Waals surface area contributed by atoms with Gasteiger partial charge in [-0.2, -0.15) is 5.10 Å². The van der Waals surface area contributed by atoms with E-state index in [1.807, 2.05) is 49.4 Å². The molecule has 0 spiro atoms. The maximum absolute atomic E-state index is 13.6. The molecule has 5 aromatic rings. The average molecular weight is 612 g/mol. The molecule has 9 heteroatoms. The van der Waals surface area contributed by atoms with Crippen molar-refractivity contribution in [3.05, 3.63) is 136 Å². The van der Waals surface area contributed by atoms with E-state index >= 15 is 0 Å². The molecule has 0 aliphatic heterocycles. The van der Waals surface area contributed by atoms with Gasteiger partial charge in [-0.25, -0.2) is 13.8 Å². The van der Waals surface area contributed by atoms with Crippen molar-refractivity contribution in [3.8, 4) is 5.75 Å². The van der Waals surface area contributed by atoms with Crippen molar-refractivity contribution in [3.63, 3.8) is 0 Å². The van der Waals surface area contributed by atoms with Crippen molar-refractivity contribution in [2.24, 2.45) is 5.10 Å². The quantitative estimate of drug-likeness (QED) is 0.136. The van der Waals surface area contributed by atoms with Crippen LogP contribution in [0.4, 0.5) is 5.69 Å². The van der Waals surface area contributed by atoms with Gasteiger partial charge in [-0.15, -0.1) is 0 Å². The fraction of sp³-hybridized carbons (Fsp3) is 0.118. The molecule has 0 atom stereocenters. The van der Waals surface area contributed by atoms with Gasteiger partial charge in [-0.1, -0.05) is 65.7 Å². The number of benzene rings is 5. The summed E-state index contributed by atoms with van der Waals surface area (Å²) in [6.07, 6.45) is 1.48. The van der Waals surface area contributed by atoms with Crippen LogP contribution in [0.15, 0.2) is 119 Å². The summed E-state index contributed by atoms with van der Waals surface area (Å²) >= 11 is 6.10. The van der Waals surface area contributed by atoms with Gasteiger partial charge in [0, 0.05) is 5.02 Å². The first-order valence-electron chi connectivity index (χ1n) is 13.6. The zero-order valence-electron chi connectivity index (χ0n) is 23.7. The third-order valence-electron chi connectivity index (χ3n) is 6.83. The molecule has 0 saturated heterocycles. The molecule has 0 bridgehead atoms. The monoisotopic (exact) mass is 611 g/mol. The molecule has 0 aliphatic carbocycles. The first-order valence-corrected chi connectivity index (χ1v) is 15.4. The third kappa shape index (κ3) is 7.41. The zero-order chi connectivity index (χ0) is 30.4. The van der Waals surface area contributed by atoms with Crippen LogP contribution in [0.1, 0.15) is 22.3 Å². The van der Waals surface area contributed by atoms with Crippen LogP contribution in [0.3, 0.4) is 0 Å². The summed E-state index contributed by atoms with van der Waals surface area (Å²) in [6.45, 7) is 3.57. The van der Waals surface area contributed by atoms with Crippen LogP contribution in [0, 0.1) is 13.8 Å². The van der Waals surface area contributed by atoms with Gasteiger partial charge < -0.3 is 4.74 Å². The minimum atomic E-state index is -4.06. The van der Waals surface area contributed by atoms with E-state index in [0.717, 1.165) is 26.4 Å². The van der Waals surface area contributed by atoms with Gasteiger partial charge in [-0.05, 0) is 102 Å². The average Bonchev–Trinajstić information content (AvgIpc) is 3.00. The molecule has 0 aliphatic rings. The Balaban J connectivity index is 1.23. The van der Waals surface area contributed by atoms with Gasteiger partial charge in [0.15, 0.2) is 0 Å². The summed E-state index contributed by atoms with van der Waals surface area (Å²) in [5.74, 6) is 0.0984. The van der Waals surface area contributed by atoms with Crippen LogP contribution in [-0.4, -0.2) is 27.1 Å². The number of halogens is 1. The lowest BCUT2D eigenvalue weighted by atomic mass is 10.1. The zero-order valence-corrected chi connectivity index (χ0v) is 25.3. The molecule has 1 N–H and O–H groups in total. The van der Waals surface area contributed by atoms with E-state index in [1.54, 1.807) is 37.3 Å². The van der Waals surface area contributed by atoms with Crippen LogP contribution < -0.4 is 14.5 Å². The van der Waals surface area contributed by atoms with E-state index in [-0.39, 0.29) is 4.90 Å². The highest BCUT2D eigenvalue weighted by atomic mass is 35.5. The molecule has 218 valence electrons. The molecule has 0 aromatic heterocycles. The summed E-state index contributed by atoms with van der Waals surface area (Å²) in [5.41, 5.74) is 6.12. The Hall–Kier alpha value is -4.66. The summed E-state index contributed by atoms with van der Waals surface area (Å²) in [5, 5.41) is 6.85. The number of fused-ring (bicyclic) bond motifs is 1. The summed E-state index contributed by atoms with van der Waals surface area (Å²) in [6, 6.07) is 33.0. The molecular formula is C34H30ClN3O4S. The van der Waals surface area contributed by atoms with Crippen molar-refractivity contribution in [1.82, 2.24) is 5.43 Å². The summed E-state index contributed by atoms with van der Waals surface area (Å²) in [7, 11) is -4.06. The number of anilines is 1. The van der Waals surface area contributed by atoms with Gasteiger partial charge in [-0.3, -0.25) is 9.10 Å². The predicted octanol–water partition coefficient (Wildman–Crippen LogP) is 7.03. The van der Waals surface area contributed by atoms with Crippen LogP contribution in [0.5, 0.6) is 5.75 Å². The molecule has 5 rings (SSSR count). The van der Waals surface area contributed by atoms with Crippen molar-refractivity contribution in [1.29, 1.82) is 0 Å². The second-order valence-corrected chi connectivity index (χ2v) is 12.4. The Kier molecular flexibility index (Phi) is 9.09. The van der Waals surface area contributed by atoms with E-state index in [9.17, 15) is 13.2 Å². The number of hydrogen-bond acceptors (Lipinski definition) is 5. The molecule has 7 nitrogen and oxygen atoms in total. The second-order valence-electron chi connectivity index (χ2n) is 10.1. The number of nitrogens with one attached hydrogen (secondary N) is 1. The maximum Gasteiger partial charge on any atom is 0.264 e. The fourth-order valence-corrected chi connectivity index (χ4v) is 6.24. The van der Waals surface area contributed by atoms with Gasteiger partial charge >= 0.3 is 0 Å². The number of carbonyl (C=O) groups is 1.